The third-order valence-corrected chi connectivity index (χ3v) is 3.76. The van der Waals surface area contributed by atoms with Crippen LogP contribution in [0, 0.1) is 13.8 Å². The van der Waals surface area contributed by atoms with Gasteiger partial charge in [-0.25, -0.2) is 4.98 Å². The predicted molar refractivity (Wildman–Crippen MR) is 87.2 cm³/mol. The zero-order chi connectivity index (χ0) is 16.7. The fraction of sp³-hybridized carbons (Fsp3) is 0.176. The molecule has 6 nitrogen and oxygen atoms in total. The lowest BCUT2D eigenvalue weighted by molar-refractivity contribution is 0.409. The van der Waals surface area contributed by atoms with Crippen molar-refractivity contribution in [3.8, 4) is 28.6 Å². The van der Waals surface area contributed by atoms with Crippen molar-refractivity contribution in [3.63, 3.8) is 0 Å². The Hall–Kier alpha value is -3.02. The molecule has 0 bridgehead atoms. The summed E-state index contributed by atoms with van der Waals surface area (Å²) in [5.41, 5.74) is 1.96. The highest BCUT2D eigenvalue weighted by Crippen LogP contribution is 2.30. The number of hydrogen-bond donors (Lipinski definition) is 3. The highest BCUT2D eigenvalue weighted by Gasteiger charge is 2.13. The topological polar surface area (TPSA) is 95.4 Å². The van der Waals surface area contributed by atoms with E-state index in [1.165, 1.54) is 13.2 Å². The molecule has 0 aliphatic carbocycles. The van der Waals surface area contributed by atoms with E-state index >= 15 is 0 Å². The standard InChI is InChI=1S/C17H16N2O4/c1-8-4-10(5-9(2)15(8)21)16-18-12-6-11(23-3)7-13(20)14(12)17(22)19-16/h4-7,20-21H,1-3H3,(H,18,19,22). The zero-order valence-corrected chi connectivity index (χ0v) is 13.0. The normalized spacial score (nSPS) is 10.9. The highest BCUT2D eigenvalue weighted by molar-refractivity contribution is 5.86. The van der Waals surface area contributed by atoms with Crippen molar-refractivity contribution in [1.82, 2.24) is 9.97 Å². The van der Waals surface area contributed by atoms with Gasteiger partial charge < -0.3 is 19.9 Å². The number of phenolic OH excluding ortho intramolecular Hbond substituents is 2. The molecule has 0 atom stereocenters. The molecule has 0 fully saturated rings. The lowest BCUT2D eigenvalue weighted by atomic mass is 10.0. The number of phenols is 2. The van der Waals surface area contributed by atoms with Crippen molar-refractivity contribution in [1.29, 1.82) is 0 Å². The molecule has 1 heterocycles. The molecule has 2 aromatic carbocycles. The summed E-state index contributed by atoms with van der Waals surface area (Å²) in [7, 11) is 1.47. The summed E-state index contributed by atoms with van der Waals surface area (Å²) in [4.78, 5) is 19.4. The first kappa shape index (κ1) is 14.9. The molecule has 118 valence electrons. The van der Waals surface area contributed by atoms with Crippen molar-refractivity contribution in [2.45, 2.75) is 13.8 Å². The molecule has 0 aliphatic heterocycles. The molecule has 3 aromatic rings. The summed E-state index contributed by atoms with van der Waals surface area (Å²) in [5.74, 6) is 0.812. The van der Waals surface area contributed by atoms with Gasteiger partial charge >= 0.3 is 0 Å². The molecule has 0 amide bonds. The van der Waals surface area contributed by atoms with E-state index in [0.717, 1.165) is 0 Å². The highest BCUT2D eigenvalue weighted by atomic mass is 16.5. The molecule has 0 spiro atoms. The third-order valence-electron chi connectivity index (χ3n) is 3.76. The molecule has 6 heteroatoms. The van der Waals surface area contributed by atoms with Crippen LogP contribution >= 0.6 is 0 Å². The van der Waals surface area contributed by atoms with Crippen LogP contribution in [-0.2, 0) is 0 Å². The maximum Gasteiger partial charge on any atom is 0.262 e. The van der Waals surface area contributed by atoms with E-state index in [1.54, 1.807) is 32.0 Å². The monoisotopic (exact) mass is 312 g/mol. The average molecular weight is 312 g/mol. The Balaban J connectivity index is 2.29. The van der Waals surface area contributed by atoms with Gasteiger partial charge in [-0.15, -0.1) is 0 Å². The van der Waals surface area contributed by atoms with Gasteiger partial charge in [0.15, 0.2) is 0 Å². The number of methoxy groups -OCH3 is 1. The molecular formula is C17H16N2O4. The molecule has 3 N–H and O–H groups in total. The molecule has 0 unspecified atom stereocenters. The number of fused-ring (bicyclic) bond motifs is 1. The second kappa shape index (κ2) is 5.31. The van der Waals surface area contributed by atoms with Gasteiger partial charge in [0.1, 0.15) is 28.5 Å². The zero-order valence-electron chi connectivity index (χ0n) is 13.0. The maximum absolute atomic E-state index is 12.3. The largest absolute Gasteiger partial charge is 0.507 e. The van der Waals surface area contributed by atoms with Crippen LogP contribution in [0.1, 0.15) is 11.1 Å². The van der Waals surface area contributed by atoms with E-state index in [-0.39, 0.29) is 16.9 Å². The Morgan fingerprint density at radius 3 is 2.35 bits per heavy atom. The van der Waals surface area contributed by atoms with Crippen LogP contribution in [0.3, 0.4) is 0 Å². The number of nitrogens with one attached hydrogen (secondary N) is 1. The lowest BCUT2D eigenvalue weighted by Gasteiger charge is -2.09. The minimum atomic E-state index is -0.437. The molecule has 23 heavy (non-hydrogen) atoms. The smallest absolute Gasteiger partial charge is 0.262 e. The van der Waals surface area contributed by atoms with Crippen molar-refractivity contribution >= 4 is 10.9 Å². The molecule has 0 saturated carbocycles. The van der Waals surface area contributed by atoms with Gasteiger partial charge in [-0.05, 0) is 37.1 Å². The third kappa shape index (κ3) is 2.48. The van der Waals surface area contributed by atoms with E-state index in [1.807, 2.05) is 0 Å². The predicted octanol–water partition coefficient (Wildman–Crippen LogP) is 2.63. The first-order valence-corrected chi connectivity index (χ1v) is 7.02. The molecule has 0 radical (unpaired) electrons. The lowest BCUT2D eigenvalue weighted by Crippen LogP contribution is -2.10. The van der Waals surface area contributed by atoms with Gasteiger partial charge in [0.2, 0.25) is 0 Å². The van der Waals surface area contributed by atoms with Crippen molar-refractivity contribution < 1.29 is 14.9 Å². The Bertz CT molecular complexity index is 953. The number of rotatable bonds is 2. The van der Waals surface area contributed by atoms with Gasteiger partial charge in [-0.2, -0.15) is 0 Å². The van der Waals surface area contributed by atoms with Crippen LogP contribution in [0.5, 0.6) is 17.2 Å². The summed E-state index contributed by atoms with van der Waals surface area (Å²) in [6, 6.07) is 6.45. The first-order chi connectivity index (χ1) is 10.9. The second-order valence-electron chi connectivity index (χ2n) is 5.41. The summed E-state index contributed by atoms with van der Waals surface area (Å²) in [5, 5.41) is 20.0. The van der Waals surface area contributed by atoms with Crippen LogP contribution in [0.2, 0.25) is 0 Å². The van der Waals surface area contributed by atoms with E-state index in [2.05, 4.69) is 9.97 Å². The number of nitrogens with zero attached hydrogens (tertiary/aromatic N) is 1. The van der Waals surface area contributed by atoms with Gasteiger partial charge in [0.05, 0.1) is 12.6 Å². The van der Waals surface area contributed by atoms with Crippen LogP contribution in [0.15, 0.2) is 29.1 Å². The minimum Gasteiger partial charge on any atom is -0.507 e. The SMILES string of the molecule is COc1cc(O)c2c(=O)[nH]c(-c3cc(C)c(O)c(C)c3)nc2c1. The fourth-order valence-electron chi connectivity index (χ4n) is 2.57. The fourth-order valence-corrected chi connectivity index (χ4v) is 2.57. The van der Waals surface area contributed by atoms with E-state index in [9.17, 15) is 15.0 Å². The Labute approximate surface area is 132 Å². The van der Waals surface area contributed by atoms with Crippen molar-refractivity contribution in [2.75, 3.05) is 7.11 Å². The quantitative estimate of drug-likeness (QED) is 0.676. The number of aromatic nitrogens is 2. The van der Waals surface area contributed by atoms with Crippen LogP contribution in [0.25, 0.3) is 22.3 Å². The van der Waals surface area contributed by atoms with Crippen LogP contribution in [-0.4, -0.2) is 27.3 Å². The average Bonchev–Trinajstić information content (AvgIpc) is 2.51. The van der Waals surface area contributed by atoms with Crippen LogP contribution < -0.4 is 10.3 Å². The van der Waals surface area contributed by atoms with E-state index in [4.69, 9.17) is 4.74 Å². The molecule has 3 rings (SSSR count). The number of aryl methyl sites for hydroxylation is 2. The number of H-pyrrole nitrogens is 1. The van der Waals surface area contributed by atoms with Gasteiger partial charge in [-0.1, -0.05) is 0 Å². The molecule has 0 aliphatic rings. The summed E-state index contributed by atoms with van der Waals surface area (Å²) in [6.45, 7) is 3.56. The minimum absolute atomic E-state index is 0.113. The number of hydrogen-bond acceptors (Lipinski definition) is 5. The second-order valence-corrected chi connectivity index (χ2v) is 5.41. The molecule has 0 saturated heterocycles. The molecule has 1 aromatic heterocycles. The Morgan fingerprint density at radius 1 is 1.09 bits per heavy atom. The van der Waals surface area contributed by atoms with E-state index in [0.29, 0.717) is 33.8 Å². The number of aromatic amines is 1. The van der Waals surface area contributed by atoms with Gasteiger partial charge in [-0.3, -0.25) is 4.79 Å². The van der Waals surface area contributed by atoms with Gasteiger partial charge in [0, 0.05) is 17.7 Å². The van der Waals surface area contributed by atoms with Crippen molar-refractivity contribution in [3.05, 3.63) is 45.7 Å². The maximum atomic E-state index is 12.3. The Morgan fingerprint density at radius 2 is 1.74 bits per heavy atom. The number of aromatic hydroxyl groups is 2. The Kier molecular flexibility index (Phi) is 3.44. The summed E-state index contributed by atoms with van der Waals surface area (Å²) >= 11 is 0. The number of benzene rings is 2. The molecular weight excluding hydrogens is 296 g/mol. The number of ether oxygens (including phenoxy) is 1. The summed E-state index contributed by atoms with van der Waals surface area (Å²) in [6.07, 6.45) is 0. The van der Waals surface area contributed by atoms with E-state index < -0.39 is 5.56 Å². The van der Waals surface area contributed by atoms with Crippen molar-refractivity contribution in [2.24, 2.45) is 0 Å². The first-order valence-electron chi connectivity index (χ1n) is 7.02. The van der Waals surface area contributed by atoms with Crippen LogP contribution in [0.4, 0.5) is 0 Å². The summed E-state index contributed by atoms with van der Waals surface area (Å²) < 4.78 is 5.10. The van der Waals surface area contributed by atoms with Gasteiger partial charge in [0.25, 0.3) is 5.56 Å².